The number of pyridine rings is 4. The van der Waals surface area contributed by atoms with Crippen LogP contribution in [0, 0.1) is 0 Å². The zero-order valence-corrected chi connectivity index (χ0v) is 73.3. The summed E-state index contributed by atoms with van der Waals surface area (Å²) in [5.41, 5.74) is 21.2. The Morgan fingerprint density at radius 1 is 0.281 bits per heavy atom. The highest BCUT2D eigenvalue weighted by Crippen LogP contribution is 2.50. The molecule has 14 aromatic rings. The van der Waals surface area contributed by atoms with Crippen molar-refractivity contribution in [3.05, 3.63) is 278 Å². The van der Waals surface area contributed by atoms with E-state index in [1.807, 2.05) is 24.3 Å². The molecule has 1 aliphatic carbocycles. The van der Waals surface area contributed by atoms with E-state index in [-0.39, 0.29) is 77.9 Å². The van der Waals surface area contributed by atoms with E-state index in [9.17, 15) is 0 Å². The molecule has 10 aromatic carbocycles. The first-order valence-corrected chi connectivity index (χ1v) is 41.9. The molecule has 114 heavy (non-hydrogen) atoms. The molecule has 4 aromatic heterocycles. The van der Waals surface area contributed by atoms with Crippen LogP contribution in [0.25, 0.3) is 110 Å². The molecule has 0 saturated carbocycles. The Hall–Kier alpha value is -9.92. The smallest absolute Gasteiger partial charge is 0.197 e. The van der Waals surface area contributed by atoms with E-state index in [0.717, 1.165) is 72.6 Å². The van der Waals surface area contributed by atoms with Gasteiger partial charge in [-0.3, -0.25) is 19.2 Å². The van der Waals surface area contributed by atoms with Crippen molar-refractivity contribution in [3.63, 3.8) is 0 Å². The lowest BCUT2D eigenvalue weighted by molar-refractivity contribution is 0.386. The second kappa shape index (κ2) is 26.8. The first-order chi connectivity index (χ1) is 52.9. The summed E-state index contributed by atoms with van der Waals surface area (Å²) in [5.74, 6) is 0.259. The highest BCUT2D eigenvalue weighted by atomic mass is 16.1. The van der Waals surface area contributed by atoms with Gasteiger partial charge in [-0.2, -0.15) is 0 Å². The maximum Gasteiger partial charge on any atom is 0.197 e. The zero-order valence-electron chi connectivity index (χ0n) is 73.3. The van der Waals surface area contributed by atoms with E-state index in [0.29, 0.717) is 78.0 Å². The van der Waals surface area contributed by atoms with Crippen molar-refractivity contribution >= 4 is 87.2 Å². The summed E-state index contributed by atoms with van der Waals surface area (Å²) in [5, 5.41) is 4.67. The molecule has 0 N–H and O–H groups in total. The fourth-order valence-corrected chi connectivity index (χ4v) is 19.3. The third-order valence-electron chi connectivity index (χ3n) is 25.8. The molecule has 0 spiro atoms. The Balaban J connectivity index is 1.00. The normalized spacial score (nSPS) is 16.1. The highest BCUT2D eigenvalue weighted by Gasteiger charge is 2.39. The third kappa shape index (κ3) is 13.3. The van der Waals surface area contributed by atoms with Gasteiger partial charge in [-0.15, -0.1) is 0 Å². The predicted octanol–water partition coefficient (Wildman–Crippen LogP) is 26.8. The number of benzene rings is 10. The van der Waals surface area contributed by atoms with Gasteiger partial charge in [-0.1, -0.05) is 242 Å². The number of fused-ring (bicyclic) bond motifs is 10. The molecule has 0 radical (unpaired) electrons. The van der Waals surface area contributed by atoms with Crippen LogP contribution in [0.3, 0.4) is 0 Å². The summed E-state index contributed by atoms with van der Waals surface area (Å²) >= 11 is 0. The SMILES string of the molecule is CC(C)c1cc2c(=O)c3cc4c(cc3n(-c3ccc(C(C)(C)C)cc3)c2cc1C(C)C)c(=O)c1cc2c(cc1n4-c1ccc(C(C)(C)C)cc1)C(C)CC(C)(C)c1cc3c(=O)c4cc5c(cc4n(-c4ccc(C(C)(C)C)cc4)c3cc1C(C)(C)CC2C)c(=O)c1cc(C(C)(C)C)c(C(C)(C)C)cc1n5-c1ccc(C(C)(C)C)cc1. The number of nitrogens with zero attached hydrogens (tertiary/aromatic N) is 4. The summed E-state index contributed by atoms with van der Waals surface area (Å²) in [4.78, 5) is 65.2. The summed E-state index contributed by atoms with van der Waals surface area (Å²) in [6, 6.07) is 61.2. The fourth-order valence-electron chi connectivity index (χ4n) is 19.3. The Morgan fingerprint density at radius 2 is 0.518 bits per heavy atom. The quantitative estimate of drug-likeness (QED) is 0.155. The second-order valence-electron chi connectivity index (χ2n) is 42.2. The molecule has 2 unspecified atom stereocenters. The van der Waals surface area contributed by atoms with Gasteiger partial charge in [0.05, 0.1) is 44.1 Å². The molecule has 4 heterocycles. The Kier molecular flexibility index (Phi) is 18.7. The van der Waals surface area contributed by atoms with Gasteiger partial charge in [0.25, 0.3) is 0 Å². The average Bonchev–Trinajstić information content (AvgIpc) is 0.710. The van der Waals surface area contributed by atoms with Crippen LogP contribution in [-0.4, -0.2) is 18.3 Å². The van der Waals surface area contributed by atoms with Crippen LogP contribution in [0.4, 0.5) is 0 Å². The van der Waals surface area contributed by atoms with Crippen molar-refractivity contribution in [2.75, 3.05) is 0 Å². The van der Waals surface area contributed by atoms with Gasteiger partial charge in [-0.05, 0) is 268 Å². The minimum Gasteiger partial charge on any atom is -0.309 e. The minimum atomic E-state index is -0.530. The molecule has 0 saturated heterocycles. The van der Waals surface area contributed by atoms with Crippen molar-refractivity contribution in [1.82, 2.24) is 18.3 Å². The maximum atomic E-state index is 16.7. The van der Waals surface area contributed by atoms with Crippen LogP contribution < -0.4 is 21.7 Å². The highest BCUT2D eigenvalue weighted by molar-refractivity contribution is 6.08. The Morgan fingerprint density at radius 3 is 0.833 bits per heavy atom. The third-order valence-corrected chi connectivity index (χ3v) is 25.8. The van der Waals surface area contributed by atoms with E-state index < -0.39 is 10.8 Å². The lowest BCUT2D eigenvalue weighted by Crippen LogP contribution is -2.31. The standard InChI is InChI=1S/C106H120N4O4/c1-59(2)71-45-75-87(49-72(71)60(3)4)107(67-37-29-63(30-38-67)99(7,8)9)89-52-80-90(51-79(89)95(75)111)108(68-39-31-64(32-40-68)100(10,11)12)88-50-74-62(6)58-105(25,26)85-48-78-94(56-86(85)106(27,28)57-61(5)73(74)46-76(88)96(80)112)110(70-43-35-66(36-44-70)102(16,17)18)92-53-81-91(54-82(92)98(78)114)109(69-41-33-65(34-42-69)101(13,14)15)93-55-84(104(22,23)24)83(103(19,20)21)47-77(93)97(81)113/h29-56,59-62H,57-58H2,1-28H3. The van der Waals surface area contributed by atoms with Gasteiger partial charge in [0, 0.05) is 65.8 Å². The molecule has 8 heteroatoms. The van der Waals surface area contributed by atoms with Crippen LogP contribution in [-0.2, 0) is 43.3 Å². The van der Waals surface area contributed by atoms with Gasteiger partial charge in [-0.25, -0.2) is 0 Å². The summed E-state index contributed by atoms with van der Waals surface area (Å²) in [6.45, 7) is 63.3. The van der Waals surface area contributed by atoms with E-state index in [1.165, 1.54) is 38.9 Å². The number of rotatable bonds is 6. The predicted molar refractivity (Wildman–Crippen MR) is 488 cm³/mol. The van der Waals surface area contributed by atoms with Crippen molar-refractivity contribution < 1.29 is 0 Å². The van der Waals surface area contributed by atoms with E-state index >= 15 is 19.2 Å². The summed E-state index contributed by atoms with van der Waals surface area (Å²) in [6.07, 6.45) is 1.41. The van der Waals surface area contributed by atoms with Crippen LogP contribution in [0.1, 0.15) is 297 Å². The van der Waals surface area contributed by atoms with Crippen LogP contribution in [0.15, 0.2) is 189 Å². The molecule has 0 amide bonds. The number of hydrogen-bond donors (Lipinski definition) is 0. The molecule has 0 aliphatic heterocycles. The second-order valence-corrected chi connectivity index (χ2v) is 42.2. The molecular weight excluding hydrogens is 1390 g/mol. The molecule has 0 bridgehead atoms. The fraction of sp³-hybridized carbons (Fsp3) is 0.396. The van der Waals surface area contributed by atoms with E-state index in [2.05, 4.69) is 358 Å². The van der Waals surface area contributed by atoms with Crippen molar-refractivity contribution in [2.45, 2.75) is 274 Å². The zero-order chi connectivity index (χ0) is 82.6. The lowest BCUT2D eigenvalue weighted by atomic mass is 9.64. The lowest BCUT2D eigenvalue weighted by Gasteiger charge is -2.40. The Labute approximate surface area is 675 Å². The van der Waals surface area contributed by atoms with E-state index in [4.69, 9.17) is 0 Å². The summed E-state index contributed by atoms with van der Waals surface area (Å²) < 4.78 is 9.03. The van der Waals surface area contributed by atoms with Gasteiger partial charge in [0.2, 0.25) is 0 Å². The molecular formula is C106H120N4O4. The van der Waals surface area contributed by atoms with E-state index in [1.54, 1.807) is 0 Å². The molecule has 8 nitrogen and oxygen atoms in total. The number of hydrogen-bond acceptors (Lipinski definition) is 4. The largest absolute Gasteiger partial charge is 0.309 e. The molecule has 1 aliphatic rings. The van der Waals surface area contributed by atoms with Gasteiger partial charge >= 0.3 is 0 Å². The maximum absolute atomic E-state index is 16.7. The number of aromatic nitrogens is 4. The topological polar surface area (TPSA) is 88.0 Å². The Bertz CT molecular complexity index is 6600. The monoisotopic (exact) mass is 1510 g/mol. The first kappa shape index (κ1) is 79.3. The average molecular weight is 1510 g/mol. The summed E-state index contributed by atoms with van der Waals surface area (Å²) in [7, 11) is 0. The molecule has 2 atom stereocenters. The molecule has 588 valence electrons. The van der Waals surface area contributed by atoms with Crippen molar-refractivity contribution in [2.24, 2.45) is 0 Å². The molecule has 0 fully saturated rings. The van der Waals surface area contributed by atoms with Crippen molar-refractivity contribution in [3.8, 4) is 22.7 Å². The van der Waals surface area contributed by atoms with Crippen LogP contribution >= 0.6 is 0 Å². The first-order valence-electron chi connectivity index (χ1n) is 41.9. The van der Waals surface area contributed by atoms with Gasteiger partial charge in [0.1, 0.15) is 0 Å². The van der Waals surface area contributed by atoms with Gasteiger partial charge < -0.3 is 18.3 Å². The van der Waals surface area contributed by atoms with Gasteiger partial charge in [0.15, 0.2) is 21.7 Å². The van der Waals surface area contributed by atoms with Crippen LogP contribution in [0.2, 0.25) is 0 Å². The molecule has 15 rings (SSSR count). The van der Waals surface area contributed by atoms with Crippen molar-refractivity contribution in [1.29, 1.82) is 0 Å². The minimum absolute atomic E-state index is 0.0527. The van der Waals surface area contributed by atoms with Crippen LogP contribution in [0.5, 0.6) is 0 Å².